The molecule has 0 amide bonds. The molecule has 104 valence electrons. The summed E-state index contributed by atoms with van der Waals surface area (Å²) >= 11 is 0. The molecule has 0 unspecified atom stereocenters. The molecule has 0 aromatic heterocycles. The largest absolute Gasteiger partial charge is 0.393 e. The highest BCUT2D eigenvalue weighted by Crippen LogP contribution is 2.30. The molecule has 0 saturated heterocycles. The lowest BCUT2D eigenvalue weighted by Crippen LogP contribution is -2.10. The van der Waals surface area contributed by atoms with Gasteiger partial charge in [-0.05, 0) is 24.3 Å². The van der Waals surface area contributed by atoms with Crippen LogP contribution in [0.3, 0.4) is 0 Å². The molecule has 6 nitrogen and oxygen atoms in total. The van der Waals surface area contributed by atoms with Crippen LogP contribution in [0.15, 0.2) is 42.5 Å². The second-order valence-electron chi connectivity index (χ2n) is 4.57. The topological polar surface area (TPSA) is 84.4 Å². The summed E-state index contributed by atoms with van der Waals surface area (Å²) in [6.07, 6.45) is 0. The van der Waals surface area contributed by atoms with Gasteiger partial charge in [-0.1, -0.05) is 12.1 Å². The van der Waals surface area contributed by atoms with Crippen molar-refractivity contribution in [3.8, 4) is 0 Å². The highest BCUT2D eigenvalue weighted by atomic mass is 16.6. The van der Waals surface area contributed by atoms with Gasteiger partial charge < -0.3 is 16.0 Å². The molecule has 0 saturated carbocycles. The Morgan fingerprint density at radius 2 is 1.90 bits per heavy atom. The van der Waals surface area contributed by atoms with Gasteiger partial charge in [0.05, 0.1) is 16.3 Å². The van der Waals surface area contributed by atoms with E-state index in [0.717, 1.165) is 11.4 Å². The Labute approximate surface area is 117 Å². The number of hydrogen-bond acceptors (Lipinski definition) is 5. The maximum Gasteiger partial charge on any atom is 0.292 e. The van der Waals surface area contributed by atoms with E-state index in [1.54, 1.807) is 12.1 Å². The van der Waals surface area contributed by atoms with E-state index in [1.165, 1.54) is 6.07 Å². The molecule has 0 spiro atoms. The minimum Gasteiger partial charge on any atom is -0.393 e. The van der Waals surface area contributed by atoms with Crippen molar-refractivity contribution in [2.24, 2.45) is 0 Å². The second-order valence-corrected chi connectivity index (χ2v) is 4.57. The Morgan fingerprint density at radius 3 is 2.50 bits per heavy atom. The van der Waals surface area contributed by atoms with Gasteiger partial charge in [0.15, 0.2) is 0 Å². The molecule has 0 radical (unpaired) electrons. The van der Waals surface area contributed by atoms with E-state index in [2.05, 4.69) is 5.32 Å². The lowest BCUT2D eigenvalue weighted by atomic mass is 10.2. The summed E-state index contributed by atoms with van der Waals surface area (Å²) in [5, 5.41) is 13.9. The molecule has 0 aliphatic heterocycles. The zero-order chi connectivity index (χ0) is 14.7. The first-order chi connectivity index (χ1) is 9.49. The molecule has 0 bridgehead atoms. The highest BCUT2D eigenvalue weighted by Gasteiger charge is 2.12. The van der Waals surface area contributed by atoms with Crippen molar-refractivity contribution in [3.63, 3.8) is 0 Å². The van der Waals surface area contributed by atoms with Gasteiger partial charge in [-0.3, -0.25) is 10.1 Å². The number of nitrogen functional groups attached to an aromatic ring is 1. The number of hydrogen-bond donors (Lipinski definition) is 2. The molecule has 0 heterocycles. The molecule has 0 atom stereocenters. The Hall–Kier alpha value is -2.76. The summed E-state index contributed by atoms with van der Waals surface area (Å²) in [6.45, 7) is 0. The number of nitro groups is 1. The van der Waals surface area contributed by atoms with Crippen molar-refractivity contribution >= 4 is 28.4 Å². The number of nitrogens with two attached hydrogens (primary N) is 1. The fourth-order valence-corrected chi connectivity index (χ4v) is 1.92. The van der Waals surface area contributed by atoms with Crippen molar-refractivity contribution in [2.45, 2.75) is 0 Å². The van der Waals surface area contributed by atoms with Gasteiger partial charge in [-0.15, -0.1) is 0 Å². The molecule has 6 heteroatoms. The van der Waals surface area contributed by atoms with Crippen LogP contribution in [0, 0.1) is 10.1 Å². The molecule has 2 aromatic carbocycles. The maximum atomic E-state index is 10.7. The number of nitrogens with zero attached hydrogens (tertiary/aromatic N) is 2. The molecule has 0 aliphatic carbocycles. The van der Waals surface area contributed by atoms with Crippen molar-refractivity contribution < 1.29 is 4.92 Å². The van der Waals surface area contributed by atoms with Crippen LogP contribution in [-0.4, -0.2) is 19.0 Å². The highest BCUT2D eigenvalue weighted by molar-refractivity contribution is 5.77. The second kappa shape index (κ2) is 5.48. The monoisotopic (exact) mass is 272 g/mol. The molecule has 2 aromatic rings. The van der Waals surface area contributed by atoms with Gasteiger partial charge in [0.25, 0.3) is 5.69 Å². The standard InChI is InChI=1S/C14H16N4O2/c1-17(2)14-6-4-3-5-12(14)16-10-7-8-13(18(19)20)11(15)9-10/h3-9,16H,15H2,1-2H3. The van der Waals surface area contributed by atoms with Crippen LogP contribution in [0.2, 0.25) is 0 Å². The zero-order valence-electron chi connectivity index (χ0n) is 11.3. The molecule has 3 N–H and O–H groups in total. The van der Waals surface area contributed by atoms with Crippen LogP contribution in [0.5, 0.6) is 0 Å². The summed E-state index contributed by atoms with van der Waals surface area (Å²) in [4.78, 5) is 12.2. The molecular weight excluding hydrogens is 256 g/mol. The summed E-state index contributed by atoms with van der Waals surface area (Å²) in [6, 6.07) is 12.4. The number of nitro benzene ring substituents is 1. The van der Waals surface area contributed by atoms with Crippen molar-refractivity contribution in [1.29, 1.82) is 0 Å². The van der Waals surface area contributed by atoms with Gasteiger partial charge in [0, 0.05) is 25.8 Å². The van der Waals surface area contributed by atoms with Crippen LogP contribution < -0.4 is 16.0 Å². The number of para-hydroxylation sites is 2. The first-order valence-electron chi connectivity index (χ1n) is 6.06. The number of anilines is 4. The first-order valence-corrected chi connectivity index (χ1v) is 6.06. The van der Waals surface area contributed by atoms with E-state index in [4.69, 9.17) is 5.73 Å². The van der Waals surface area contributed by atoms with Crippen LogP contribution in [0.25, 0.3) is 0 Å². The quantitative estimate of drug-likeness (QED) is 0.508. The normalized spacial score (nSPS) is 10.1. The predicted octanol–water partition coefficient (Wildman–Crippen LogP) is 2.99. The Kier molecular flexibility index (Phi) is 3.74. The van der Waals surface area contributed by atoms with Crippen LogP contribution in [0.4, 0.5) is 28.4 Å². The fourth-order valence-electron chi connectivity index (χ4n) is 1.92. The zero-order valence-corrected chi connectivity index (χ0v) is 11.3. The minimum absolute atomic E-state index is 0.0866. The van der Waals surface area contributed by atoms with Crippen LogP contribution in [0.1, 0.15) is 0 Å². The average Bonchev–Trinajstić information content (AvgIpc) is 2.38. The Morgan fingerprint density at radius 1 is 1.20 bits per heavy atom. The Balaban J connectivity index is 2.31. The predicted molar refractivity (Wildman–Crippen MR) is 81.6 cm³/mol. The van der Waals surface area contributed by atoms with Gasteiger partial charge >= 0.3 is 0 Å². The van der Waals surface area contributed by atoms with Crippen molar-refractivity contribution in [1.82, 2.24) is 0 Å². The minimum atomic E-state index is -0.493. The van der Waals surface area contributed by atoms with Gasteiger partial charge in [-0.25, -0.2) is 0 Å². The van der Waals surface area contributed by atoms with Gasteiger partial charge in [0.2, 0.25) is 0 Å². The fraction of sp³-hybridized carbons (Fsp3) is 0.143. The maximum absolute atomic E-state index is 10.7. The number of nitrogens with one attached hydrogen (secondary N) is 1. The Bertz CT molecular complexity index is 641. The van der Waals surface area contributed by atoms with E-state index >= 15 is 0 Å². The number of rotatable bonds is 4. The molecule has 0 aliphatic rings. The van der Waals surface area contributed by atoms with Gasteiger partial charge in [0.1, 0.15) is 5.69 Å². The van der Waals surface area contributed by atoms with E-state index in [-0.39, 0.29) is 11.4 Å². The third-order valence-electron chi connectivity index (χ3n) is 2.89. The van der Waals surface area contributed by atoms with E-state index in [1.807, 2.05) is 43.3 Å². The van der Waals surface area contributed by atoms with Crippen LogP contribution in [-0.2, 0) is 0 Å². The lowest BCUT2D eigenvalue weighted by Gasteiger charge is -2.18. The third kappa shape index (κ3) is 2.80. The summed E-state index contributed by atoms with van der Waals surface area (Å²) in [5.74, 6) is 0. The number of benzene rings is 2. The van der Waals surface area contributed by atoms with Crippen molar-refractivity contribution in [3.05, 3.63) is 52.6 Å². The summed E-state index contributed by atoms with van der Waals surface area (Å²) in [7, 11) is 3.90. The molecule has 2 rings (SSSR count). The summed E-state index contributed by atoms with van der Waals surface area (Å²) < 4.78 is 0. The molecule has 20 heavy (non-hydrogen) atoms. The average molecular weight is 272 g/mol. The van der Waals surface area contributed by atoms with E-state index in [9.17, 15) is 10.1 Å². The summed E-state index contributed by atoms with van der Waals surface area (Å²) in [5.41, 5.74) is 8.37. The molecular formula is C14H16N4O2. The third-order valence-corrected chi connectivity index (χ3v) is 2.89. The molecule has 0 fully saturated rings. The van der Waals surface area contributed by atoms with E-state index < -0.39 is 4.92 Å². The first kappa shape index (κ1) is 13.7. The van der Waals surface area contributed by atoms with Crippen LogP contribution >= 0.6 is 0 Å². The lowest BCUT2D eigenvalue weighted by molar-refractivity contribution is -0.383. The SMILES string of the molecule is CN(C)c1ccccc1Nc1ccc([N+](=O)[O-])c(N)c1. The smallest absolute Gasteiger partial charge is 0.292 e. The van der Waals surface area contributed by atoms with Crippen molar-refractivity contribution in [2.75, 3.05) is 30.0 Å². The van der Waals surface area contributed by atoms with Gasteiger partial charge in [-0.2, -0.15) is 0 Å². The van der Waals surface area contributed by atoms with E-state index in [0.29, 0.717) is 5.69 Å².